The Morgan fingerprint density at radius 1 is 1.17 bits per heavy atom. The molecular weight excluding hydrogens is 304 g/mol. The number of carbonyl (C=O) groups excluding carboxylic acids is 1. The molecule has 5 heteroatoms. The molecule has 0 atom stereocenters. The molecule has 1 saturated heterocycles. The first kappa shape index (κ1) is 18.3. The van der Waals surface area contributed by atoms with Crippen molar-refractivity contribution in [1.29, 1.82) is 0 Å². The van der Waals surface area contributed by atoms with Crippen molar-refractivity contribution in [2.24, 2.45) is 10.9 Å². The summed E-state index contributed by atoms with van der Waals surface area (Å²) >= 11 is 0. The van der Waals surface area contributed by atoms with Gasteiger partial charge in [0, 0.05) is 31.8 Å². The van der Waals surface area contributed by atoms with Crippen molar-refractivity contribution >= 4 is 11.8 Å². The number of nitrogens with zero attached hydrogens (tertiary/aromatic N) is 2. The van der Waals surface area contributed by atoms with Crippen LogP contribution in [0.25, 0.3) is 0 Å². The zero-order valence-corrected chi connectivity index (χ0v) is 15.3. The van der Waals surface area contributed by atoms with Crippen LogP contribution in [0.3, 0.4) is 0 Å². The van der Waals surface area contributed by atoms with Gasteiger partial charge in [-0.2, -0.15) is 0 Å². The van der Waals surface area contributed by atoms with E-state index < -0.39 is 5.60 Å². The molecule has 0 bridgehead atoms. The lowest BCUT2D eigenvalue weighted by molar-refractivity contribution is 0.0202. The summed E-state index contributed by atoms with van der Waals surface area (Å²) in [6.07, 6.45) is 1.58. The minimum absolute atomic E-state index is 0.222. The smallest absolute Gasteiger partial charge is 0.410 e. The second kappa shape index (κ2) is 7.69. The Morgan fingerprint density at radius 2 is 1.75 bits per heavy atom. The molecule has 1 amide bonds. The van der Waals surface area contributed by atoms with Crippen LogP contribution in [0.2, 0.25) is 0 Å². The van der Waals surface area contributed by atoms with Crippen LogP contribution in [0.15, 0.2) is 29.3 Å². The van der Waals surface area contributed by atoms with E-state index in [2.05, 4.69) is 4.99 Å². The van der Waals surface area contributed by atoms with Gasteiger partial charge in [-0.25, -0.2) is 4.79 Å². The van der Waals surface area contributed by atoms with Crippen LogP contribution in [0.4, 0.5) is 4.79 Å². The van der Waals surface area contributed by atoms with Crippen LogP contribution in [0.1, 0.15) is 39.2 Å². The number of methoxy groups -OCH3 is 1. The maximum atomic E-state index is 12.2. The van der Waals surface area contributed by atoms with Gasteiger partial charge >= 0.3 is 6.09 Å². The number of ether oxygens (including phenoxy) is 2. The van der Waals surface area contributed by atoms with E-state index in [-0.39, 0.29) is 6.09 Å². The summed E-state index contributed by atoms with van der Waals surface area (Å²) in [6.45, 7) is 7.08. The molecule has 24 heavy (non-hydrogen) atoms. The molecule has 1 aromatic rings. The molecule has 0 N–H and O–H groups in total. The molecule has 132 valence electrons. The number of carbonyl (C=O) groups is 1. The number of piperidine rings is 1. The highest BCUT2D eigenvalue weighted by atomic mass is 16.6. The molecule has 1 heterocycles. The first-order chi connectivity index (χ1) is 11.3. The number of benzene rings is 1. The highest BCUT2D eigenvalue weighted by Gasteiger charge is 2.29. The van der Waals surface area contributed by atoms with Crippen molar-refractivity contribution < 1.29 is 14.3 Å². The molecule has 0 aliphatic carbocycles. The van der Waals surface area contributed by atoms with Gasteiger partial charge in [0.2, 0.25) is 0 Å². The van der Waals surface area contributed by atoms with Crippen LogP contribution in [0.5, 0.6) is 5.75 Å². The number of hydrogen-bond donors (Lipinski definition) is 0. The van der Waals surface area contributed by atoms with Gasteiger partial charge in [-0.15, -0.1) is 0 Å². The average Bonchev–Trinajstić information content (AvgIpc) is 2.55. The van der Waals surface area contributed by atoms with Crippen molar-refractivity contribution in [2.75, 3.05) is 27.2 Å². The molecule has 0 aromatic heterocycles. The van der Waals surface area contributed by atoms with E-state index in [9.17, 15) is 4.79 Å². The standard InChI is InChI=1S/C19H28N2O3/c1-19(2,3)24-18(22)21-12-10-15(11-13-21)17(20-4)14-6-8-16(23-5)9-7-14/h6-9,15H,10-13H2,1-5H3/b20-17+. The van der Waals surface area contributed by atoms with Crippen molar-refractivity contribution in [3.05, 3.63) is 29.8 Å². The quantitative estimate of drug-likeness (QED) is 0.792. The molecule has 1 aliphatic heterocycles. The summed E-state index contributed by atoms with van der Waals surface area (Å²) in [5.41, 5.74) is 1.77. The second-order valence-corrected chi connectivity index (χ2v) is 7.08. The Labute approximate surface area is 144 Å². The van der Waals surface area contributed by atoms with Gasteiger partial charge in [0.05, 0.1) is 7.11 Å². The van der Waals surface area contributed by atoms with Gasteiger partial charge in [0.15, 0.2) is 0 Å². The lowest BCUT2D eigenvalue weighted by Crippen LogP contribution is -2.43. The van der Waals surface area contributed by atoms with E-state index >= 15 is 0 Å². The van der Waals surface area contributed by atoms with Gasteiger partial charge in [0.1, 0.15) is 11.4 Å². The Balaban J connectivity index is 1.98. The molecule has 0 saturated carbocycles. The third-order valence-electron chi connectivity index (χ3n) is 4.16. The fourth-order valence-electron chi connectivity index (χ4n) is 2.97. The first-order valence-electron chi connectivity index (χ1n) is 8.43. The van der Waals surface area contributed by atoms with Gasteiger partial charge in [-0.05, 0) is 63.4 Å². The molecule has 0 unspecified atom stereocenters. The number of rotatable bonds is 3. The van der Waals surface area contributed by atoms with Crippen LogP contribution < -0.4 is 4.74 Å². The SMILES string of the molecule is C/N=C(\c1ccc(OC)cc1)C1CCN(C(=O)OC(C)(C)C)CC1. The number of likely N-dealkylation sites (tertiary alicyclic amines) is 1. The number of amides is 1. The average molecular weight is 332 g/mol. The van der Waals surface area contributed by atoms with E-state index in [1.807, 2.05) is 52.1 Å². The molecule has 0 radical (unpaired) electrons. The molecule has 5 nitrogen and oxygen atoms in total. The summed E-state index contributed by atoms with van der Waals surface area (Å²) in [5, 5.41) is 0. The van der Waals surface area contributed by atoms with Gasteiger partial charge in [-0.1, -0.05) is 0 Å². The third-order valence-corrected chi connectivity index (χ3v) is 4.16. The van der Waals surface area contributed by atoms with Gasteiger partial charge in [-0.3, -0.25) is 4.99 Å². The van der Waals surface area contributed by atoms with Crippen LogP contribution in [0, 0.1) is 5.92 Å². The van der Waals surface area contributed by atoms with E-state index in [1.54, 1.807) is 12.0 Å². The zero-order valence-electron chi connectivity index (χ0n) is 15.3. The minimum atomic E-state index is -0.451. The number of hydrogen-bond acceptors (Lipinski definition) is 4. The van der Waals surface area contributed by atoms with Crippen LogP contribution >= 0.6 is 0 Å². The molecular formula is C19H28N2O3. The normalized spacial score (nSPS) is 16.9. The minimum Gasteiger partial charge on any atom is -0.497 e. The Bertz CT molecular complexity index is 580. The monoisotopic (exact) mass is 332 g/mol. The largest absolute Gasteiger partial charge is 0.497 e. The summed E-state index contributed by atoms with van der Waals surface area (Å²) in [5.74, 6) is 1.20. The highest BCUT2D eigenvalue weighted by Crippen LogP contribution is 2.25. The topological polar surface area (TPSA) is 51.1 Å². The summed E-state index contributed by atoms with van der Waals surface area (Å²) in [6, 6.07) is 8.00. The van der Waals surface area contributed by atoms with E-state index in [0.29, 0.717) is 19.0 Å². The summed E-state index contributed by atoms with van der Waals surface area (Å²) in [4.78, 5) is 18.5. The van der Waals surface area contributed by atoms with Crippen molar-refractivity contribution in [1.82, 2.24) is 4.90 Å². The maximum Gasteiger partial charge on any atom is 0.410 e. The predicted molar refractivity (Wildman–Crippen MR) is 96.0 cm³/mol. The first-order valence-corrected chi connectivity index (χ1v) is 8.43. The van der Waals surface area contributed by atoms with E-state index in [4.69, 9.17) is 9.47 Å². The zero-order chi connectivity index (χ0) is 17.7. The van der Waals surface area contributed by atoms with E-state index in [0.717, 1.165) is 29.9 Å². The van der Waals surface area contributed by atoms with Crippen LogP contribution in [-0.2, 0) is 4.74 Å². The Morgan fingerprint density at radius 3 is 2.21 bits per heavy atom. The fourth-order valence-corrected chi connectivity index (χ4v) is 2.97. The Hall–Kier alpha value is -2.04. The molecule has 1 aromatic carbocycles. The molecule has 1 aliphatic rings. The Kier molecular flexibility index (Phi) is 5.86. The van der Waals surface area contributed by atoms with E-state index in [1.165, 1.54) is 0 Å². The molecule has 0 spiro atoms. The van der Waals surface area contributed by atoms with Gasteiger partial charge < -0.3 is 14.4 Å². The third kappa shape index (κ3) is 4.73. The summed E-state index contributed by atoms with van der Waals surface area (Å²) < 4.78 is 10.7. The lowest BCUT2D eigenvalue weighted by Gasteiger charge is -2.34. The molecule has 2 rings (SSSR count). The maximum absolute atomic E-state index is 12.2. The van der Waals surface area contributed by atoms with Crippen molar-refractivity contribution in [3.8, 4) is 5.75 Å². The second-order valence-electron chi connectivity index (χ2n) is 7.08. The van der Waals surface area contributed by atoms with Crippen LogP contribution in [-0.4, -0.2) is 49.6 Å². The fraction of sp³-hybridized carbons (Fsp3) is 0.579. The van der Waals surface area contributed by atoms with Gasteiger partial charge in [0.25, 0.3) is 0 Å². The predicted octanol–water partition coefficient (Wildman–Crippen LogP) is 3.76. The lowest BCUT2D eigenvalue weighted by atomic mass is 9.88. The highest BCUT2D eigenvalue weighted by molar-refractivity contribution is 6.02. The number of aliphatic imine (C=N–C) groups is 1. The van der Waals surface area contributed by atoms with Crippen molar-refractivity contribution in [2.45, 2.75) is 39.2 Å². The van der Waals surface area contributed by atoms with Crippen molar-refractivity contribution in [3.63, 3.8) is 0 Å². The molecule has 1 fully saturated rings. The summed E-state index contributed by atoms with van der Waals surface area (Å²) in [7, 11) is 3.50.